The second-order valence-corrected chi connectivity index (χ2v) is 6.99. The Kier molecular flexibility index (Phi) is 5.99. The number of anilines is 1. The standard InChI is InChI=1S/C20H17N3O5S/c1-3-28-19(25)17-16(13-7-5-4-6-8-13)21-20(29-17)22-18(24)15-11-14(23(26)27)10-9-12(15)2/h4-11H,3H2,1-2H3,(H,21,22,24). The predicted molar refractivity (Wildman–Crippen MR) is 109 cm³/mol. The van der Waals surface area contributed by atoms with Gasteiger partial charge >= 0.3 is 5.97 Å². The van der Waals surface area contributed by atoms with Crippen LogP contribution in [0, 0.1) is 17.0 Å². The van der Waals surface area contributed by atoms with Crippen LogP contribution in [-0.4, -0.2) is 28.4 Å². The van der Waals surface area contributed by atoms with Gasteiger partial charge in [0.05, 0.1) is 17.2 Å². The highest BCUT2D eigenvalue weighted by Crippen LogP contribution is 2.32. The molecule has 0 saturated heterocycles. The maximum atomic E-state index is 12.7. The van der Waals surface area contributed by atoms with Crippen LogP contribution in [-0.2, 0) is 4.74 Å². The number of benzene rings is 2. The number of nitro groups is 1. The van der Waals surface area contributed by atoms with Crippen molar-refractivity contribution < 1.29 is 19.2 Å². The molecule has 148 valence electrons. The summed E-state index contributed by atoms with van der Waals surface area (Å²) in [6.07, 6.45) is 0. The van der Waals surface area contributed by atoms with Gasteiger partial charge in [-0.15, -0.1) is 0 Å². The number of aryl methyl sites for hydroxylation is 1. The number of carbonyl (C=O) groups is 2. The lowest BCUT2D eigenvalue weighted by molar-refractivity contribution is -0.384. The third kappa shape index (κ3) is 4.46. The molecule has 3 rings (SSSR count). The van der Waals surface area contributed by atoms with Gasteiger partial charge in [0.1, 0.15) is 4.88 Å². The first-order valence-electron chi connectivity index (χ1n) is 8.70. The van der Waals surface area contributed by atoms with E-state index in [1.807, 2.05) is 18.2 Å². The summed E-state index contributed by atoms with van der Waals surface area (Å²) < 4.78 is 5.10. The molecule has 0 atom stereocenters. The lowest BCUT2D eigenvalue weighted by atomic mass is 10.1. The molecule has 1 heterocycles. The molecule has 0 aliphatic heterocycles. The molecule has 3 aromatic rings. The minimum Gasteiger partial charge on any atom is -0.462 e. The zero-order valence-corrected chi connectivity index (χ0v) is 16.5. The lowest BCUT2D eigenvalue weighted by Gasteiger charge is -2.05. The minimum absolute atomic E-state index is 0.161. The molecular formula is C20H17N3O5S. The number of nitro benzene ring substituents is 1. The molecule has 9 heteroatoms. The Balaban J connectivity index is 1.96. The molecule has 0 saturated carbocycles. The molecule has 0 aliphatic carbocycles. The van der Waals surface area contributed by atoms with Gasteiger partial charge in [-0.2, -0.15) is 0 Å². The number of hydrogen-bond acceptors (Lipinski definition) is 7. The fourth-order valence-corrected chi connectivity index (χ4v) is 3.51. The van der Waals surface area contributed by atoms with Gasteiger partial charge in [0.25, 0.3) is 11.6 Å². The Hall–Kier alpha value is -3.59. The van der Waals surface area contributed by atoms with E-state index in [9.17, 15) is 19.7 Å². The number of rotatable bonds is 6. The van der Waals surface area contributed by atoms with Crippen LogP contribution in [0.5, 0.6) is 0 Å². The molecule has 1 aromatic heterocycles. The maximum absolute atomic E-state index is 12.7. The van der Waals surface area contributed by atoms with Crippen molar-refractivity contribution in [1.82, 2.24) is 4.98 Å². The van der Waals surface area contributed by atoms with Gasteiger partial charge in [-0.3, -0.25) is 20.2 Å². The van der Waals surface area contributed by atoms with Crippen LogP contribution >= 0.6 is 11.3 Å². The Morgan fingerprint density at radius 3 is 2.59 bits per heavy atom. The van der Waals surface area contributed by atoms with E-state index in [1.165, 1.54) is 18.2 Å². The first kappa shape index (κ1) is 20.2. The number of aromatic nitrogens is 1. The Morgan fingerprint density at radius 1 is 1.21 bits per heavy atom. The molecule has 1 N–H and O–H groups in total. The smallest absolute Gasteiger partial charge is 0.350 e. The van der Waals surface area contributed by atoms with E-state index in [1.54, 1.807) is 26.0 Å². The quantitative estimate of drug-likeness (QED) is 0.364. The number of ether oxygens (including phenoxy) is 1. The maximum Gasteiger partial charge on any atom is 0.350 e. The Morgan fingerprint density at radius 2 is 1.93 bits per heavy atom. The molecule has 0 aliphatic rings. The molecule has 29 heavy (non-hydrogen) atoms. The van der Waals surface area contributed by atoms with Gasteiger partial charge in [0.15, 0.2) is 5.13 Å². The van der Waals surface area contributed by atoms with Crippen molar-refractivity contribution in [2.24, 2.45) is 0 Å². The fourth-order valence-electron chi connectivity index (χ4n) is 2.63. The number of nitrogens with one attached hydrogen (secondary N) is 1. The van der Waals surface area contributed by atoms with Gasteiger partial charge in [-0.05, 0) is 19.4 Å². The van der Waals surface area contributed by atoms with Crippen molar-refractivity contribution in [3.63, 3.8) is 0 Å². The highest BCUT2D eigenvalue weighted by molar-refractivity contribution is 7.18. The number of amides is 1. The van der Waals surface area contributed by atoms with Crippen molar-refractivity contribution in [2.45, 2.75) is 13.8 Å². The van der Waals surface area contributed by atoms with Crippen LogP contribution in [0.25, 0.3) is 11.3 Å². The molecule has 1 amide bonds. The largest absolute Gasteiger partial charge is 0.462 e. The number of non-ortho nitro benzene ring substituents is 1. The van der Waals surface area contributed by atoms with E-state index in [-0.39, 0.29) is 27.9 Å². The van der Waals surface area contributed by atoms with E-state index in [0.717, 1.165) is 11.3 Å². The van der Waals surface area contributed by atoms with Gasteiger partial charge in [0, 0.05) is 23.3 Å². The Labute approximate surface area is 170 Å². The molecule has 0 fully saturated rings. The molecule has 0 bridgehead atoms. The number of nitrogens with zero attached hydrogens (tertiary/aromatic N) is 2. The van der Waals surface area contributed by atoms with Gasteiger partial charge in [-0.1, -0.05) is 47.7 Å². The van der Waals surface area contributed by atoms with Gasteiger partial charge in [0.2, 0.25) is 0 Å². The van der Waals surface area contributed by atoms with Crippen LogP contribution in [0.4, 0.5) is 10.8 Å². The second-order valence-electron chi connectivity index (χ2n) is 5.99. The summed E-state index contributed by atoms with van der Waals surface area (Å²) in [6, 6.07) is 13.1. The van der Waals surface area contributed by atoms with Crippen LogP contribution in [0.2, 0.25) is 0 Å². The van der Waals surface area contributed by atoms with Gasteiger partial charge in [-0.25, -0.2) is 9.78 Å². The van der Waals surface area contributed by atoms with Crippen molar-refractivity contribution in [3.8, 4) is 11.3 Å². The summed E-state index contributed by atoms with van der Waals surface area (Å²) in [4.78, 5) is 40.1. The molecular weight excluding hydrogens is 394 g/mol. The SMILES string of the molecule is CCOC(=O)c1sc(NC(=O)c2cc([N+](=O)[O-])ccc2C)nc1-c1ccccc1. The van der Waals surface area contributed by atoms with Crippen molar-refractivity contribution >= 4 is 34.0 Å². The highest BCUT2D eigenvalue weighted by atomic mass is 32.1. The number of esters is 1. The summed E-state index contributed by atoms with van der Waals surface area (Å²) in [5.74, 6) is -1.08. The van der Waals surface area contributed by atoms with E-state index >= 15 is 0 Å². The second kappa shape index (κ2) is 8.61. The minimum atomic E-state index is -0.564. The van der Waals surface area contributed by atoms with E-state index in [0.29, 0.717) is 16.8 Å². The van der Waals surface area contributed by atoms with Crippen LogP contribution in [0.1, 0.15) is 32.5 Å². The van der Waals surface area contributed by atoms with Crippen molar-refractivity contribution in [3.05, 3.63) is 74.6 Å². The molecule has 0 spiro atoms. The zero-order chi connectivity index (χ0) is 21.0. The average molecular weight is 411 g/mol. The summed E-state index contributed by atoms with van der Waals surface area (Å²) in [5.41, 5.74) is 1.67. The number of thiazole rings is 1. The van der Waals surface area contributed by atoms with E-state index < -0.39 is 16.8 Å². The fraction of sp³-hybridized carbons (Fsp3) is 0.150. The monoisotopic (exact) mass is 411 g/mol. The Bertz CT molecular complexity index is 1080. The van der Waals surface area contributed by atoms with Crippen LogP contribution in [0.15, 0.2) is 48.5 Å². The average Bonchev–Trinajstić information content (AvgIpc) is 3.13. The summed E-state index contributed by atoms with van der Waals surface area (Å²) >= 11 is 0.990. The zero-order valence-electron chi connectivity index (χ0n) is 15.7. The topological polar surface area (TPSA) is 111 Å². The van der Waals surface area contributed by atoms with Crippen LogP contribution in [0.3, 0.4) is 0 Å². The normalized spacial score (nSPS) is 10.4. The summed E-state index contributed by atoms with van der Waals surface area (Å²) in [5, 5.41) is 13.8. The van der Waals surface area contributed by atoms with Crippen molar-refractivity contribution in [2.75, 3.05) is 11.9 Å². The molecule has 2 aromatic carbocycles. The van der Waals surface area contributed by atoms with Crippen LogP contribution < -0.4 is 5.32 Å². The number of carbonyl (C=O) groups excluding carboxylic acids is 2. The highest BCUT2D eigenvalue weighted by Gasteiger charge is 2.22. The number of hydrogen-bond donors (Lipinski definition) is 1. The van der Waals surface area contributed by atoms with Gasteiger partial charge < -0.3 is 4.74 Å². The first-order chi connectivity index (χ1) is 13.9. The molecule has 8 nitrogen and oxygen atoms in total. The first-order valence-corrected chi connectivity index (χ1v) is 9.52. The third-order valence-electron chi connectivity index (χ3n) is 4.03. The molecule has 0 unspecified atom stereocenters. The predicted octanol–water partition coefficient (Wildman–Crippen LogP) is 4.46. The molecule has 0 radical (unpaired) electrons. The van der Waals surface area contributed by atoms with E-state index in [2.05, 4.69) is 10.3 Å². The van der Waals surface area contributed by atoms with E-state index in [4.69, 9.17) is 4.74 Å². The summed E-state index contributed by atoms with van der Waals surface area (Å²) in [7, 11) is 0. The summed E-state index contributed by atoms with van der Waals surface area (Å²) in [6.45, 7) is 3.59. The lowest BCUT2D eigenvalue weighted by Crippen LogP contribution is -2.13. The van der Waals surface area contributed by atoms with Crippen molar-refractivity contribution in [1.29, 1.82) is 0 Å². The third-order valence-corrected chi connectivity index (χ3v) is 4.98.